The van der Waals surface area contributed by atoms with Crippen LogP contribution in [0.25, 0.3) is 0 Å². The molecule has 0 aromatic heterocycles. The first-order chi connectivity index (χ1) is 15.5. The predicted molar refractivity (Wildman–Crippen MR) is 117 cm³/mol. The van der Waals surface area contributed by atoms with Crippen molar-refractivity contribution in [2.24, 2.45) is 5.92 Å². The van der Waals surface area contributed by atoms with Crippen LogP contribution in [-0.2, 0) is 28.8 Å². The fraction of sp³-hybridized carbons (Fsp3) is 0.700. The molecular formula is C20H35N5O8. The van der Waals surface area contributed by atoms with Crippen LogP contribution in [0.15, 0.2) is 0 Å². The Labute approximate surface area is 192 Å². The molecule has 5 amide bonds. The Balaban J connectivity index is 5.43. The second-order valence-corrected chi connectivity index (χ2v) is 7.42. The van der Waals surface area contributed by atoms with Crippen molar-refractivity contribution >= 4 is 35.5 Å². The molecule has 0 saturated carbocycles. The third-order valence-electron chi connectivity index (χ3n) is 4.51. The average Bonchev–Trinajstić information content (AvgIpc) is 2.75. The summed E-state index contributed by atoms with van der Waals surface area (Å²) in [7, 11) is 1.31. The number of carbonyl (C=O) groups excluding carboxylic acids is 5. The maximum Gasteiger partial charge on any atom is 0.304 e. The van der Waals surface area contributed by atoms with Gasteiger partial charge in [-0.1, -0.05) is 20.3 Å². The maximum absolute atomic E-state index is 12.8. The van der Waals surface area contributed by atoms with Crippen molar-refractivity contribution in [3.05, 3.63) is 0 Å². The van der Waals surface area contributed by atoms with Crippen LogP contribution in [0.1, 0.15) is 46.0 Å². The zero-order valence-corrected chi connectivity index (χ0v) is 19.2. The number of nitrogens with one attached hydrogen (secondary N) is 5. The van der Waals surface area contributed by atoms with Crippen molar-refractivity contribution in [2.45, 2.75) is 58.0 Å². The van der Waals surface area contributed by atoms with Crippen LogP contribution in [0.4, 0.5) is 0 Å². The molecule has 33 heavy (non-hydrogen) atoms. The molecule has 0 aliphatic carbocycles. The highest BCUT2D eigenvalue weighted by Crippen LogP contribution is 2.05. The average molecular weight is 474 g/mol. The lowest BCUT2D eigenvalue weighted by molar-refractivity contribution is -0.141. The van der Waals surface area contributed by atoms with E-state index < -0.39 is 72.8 Å². The van der Waals surface area contributed by atoms with Gasteiger partial charge in [-0.2, -0.15) is 0 Å². The van der Waals surface area contributed by atoms with Gasteiger partial charge in [0, 0.05) is 26.1 Å². The van der Waals surface area contributed by atoms with E-state index in [1.165, 1.54) is 14.0 Å². The summed E-state index contributed by atoms with van der Waals surface area (Å²) in [6, 6.07) is -2.71. The molecule has 0 aliphatic rings. The first-order valence-electron chi connectivity index (χ1n) is 10.7. The summed E-state index contributed by atoms with van der Waals surface area (Å²) in [6.45, 7) is 3.32. The lowest BCUT2D eigenvalue weighted by atomic mass is 10.0. The minimum atomic E-state index is -1.40. The number of unbranched alkanes of at least 4 members (excludes halogenated alkanes) is 1. The smallest absolute Gasteiger partial charge is 0.304 e. The molecule has 0 aromatic rings. The Morgan fingerprint density at radius 2 is 1.30 bits per heavy atom. The van der Waals surface area contributed by atoms with Crippen molar-refractivity contribution in [2.75, 3.05) is 26.7 Å². The van der Waals surface area contributed by atoms with Gasteiger partial charge in [0.25, 0.3) is 0 Å². The highest BCUT2D eigenvalue weighted by atomic mass is 16.4. The van der Waals surface area contributed by atoms with E-state index in [2.05, 4.69) is 26.6 Å². The number of likely N-dealkylation sites (N-methyl/N-ethyl adjacent to an activating group) is 1. The minimum Gasteiger partial charge on any atom is -0.481 e. The summed E-state index contributed by atoms with van der Waals surface area (Å²) >= 11 is 0. The van der Waals surface area contributed by atoms with Gasteiger partial charge in [0.15, 0.2) is 0 Å². The van der Waals surface area contributed by atoms with Crippen LogP contribution in [0, 0.1) is 5.92 Å². The van der Waals surface area contributed by atoms with Crippen LogP contribution in [0.3, 0.4) is 0 Å². The number of carboxylic acid groups (broad SMARTS) is 1. The van der Waals surface area contributed by atoms with Gasteiger partial charge >= 0.3 is 5.97 Å². The van der Waals surface area contributed by atoms with Crippen molar-refractivity contribution < 1.29 is 39.0 Å². The predicted octanol–water partition coefficient (Wildman–Crippen LogP) is -2.38. The lowest BCUT2D eigenvalue weighted by Crippen LogP contribution is -2.56. The van der Waals surface area contributed by atoms with Gasteiger partial charge in [0.2, 0.25) is 29.5 Å². The van der Waals surface area contributed by atoms with Crippen LogP contribution in [0.5, 0.6) is 0 Å². The second-order valence-electron chi connectivity index (χ2n) is 7.42. The number of aliphatic hydroxyl groups excluding tert-OH is 1. The van der Waals surface area contributed by atoms with Crippen molar-refractivity contribution in [1.82, 2.24) is 26.6 Å². The molecule has 3 unspecified atom stereocenters. The summed E-state index contributed by atoms with van der Waals surface area (Å²) in [6.07, 6.45) is 0.184. The molecule has 7 N–H and O–H groups in total. The number of aliphatic hydroxyl groups is 1. The zero-order valence-electron chi connectivity index (χ0n) is 19.2. The standard InChI is InChI=1S/C20H35N5O8/c1-4-5-6-22-15(27)11-14(24-18(31)12(2)9-17(29)30)20(33)25-13(19(32)21-3)10-16(28)23-7-8-26/h12-14,26H,4-11H2,1-3H3,(H,21,32)(H,22,27)(H,23,28)(H,24,31)(H,25,33)(H,29,30). The molecule has 0 spiro atoms. The number of amides is 5. The normalized spacial score (nSPS) is 13.1. The van der Waals surface area contributed by atoms with Crippen molar-refractivity contribution in [1.29, 1.82) is 0 Å². The van der Waals surface area contributed by atoms with E-state index in [0.29, 0.717) is 13.0 Å². The molecule has 13 nitrogen and oxygen atoms in total. The molecule has 0 heterocycles. The number of carboxylic acids is 1. The van der Waals surface area contributed by atoms with Crippen molar-refractivity contribution in [3.63, 3.8) is 0 Å². The lowest BCUT2D eigenvalue weighted by Gasteiger charge is -2.23. The molecule has 0 aromatic carbocycles. The van der Waals surface area contributed by atoms with E-state index in [-0.39, 0.29) is 13.2 Å². The number of rotatable bonds is 16. The van der Waals surface area contributed by atoms with Gasteiger partial charge in [0.05, 0.1) is 25.9 Å². The Hall–Kier alpha value is -3.22. The summed E-state index contributed by atoms with van der Waals surface area (Å²) in [5.74, 6) is -5.63. The summed E-state index contributed by atoms with van der Waals surface area (Å²) < 4.78 is 0. The molecule has 13 heteroatoms. The molecular weight excluding hydrogens is 438 g/mol. The summed E-state index contributed by atoms with van der Waals surface area (Å²) in [5.41, 5.74) is 0. The zero-order chi connectivity index (χ0) is 25.4. The first-order valence-corrected chi connectivity index (χ1v) is 10.7. The van der Waals surface area contributed by atoms with Crippen molar-refractivity contribution in [3.8, 4) is 0 Å². The number of carbonyl (C=O) groups is 6. The van der Waals surface area contributed by atoms with E-state index in [4.69, 9.17) is 10.2 Å². The molecule has 0 fully saturated rings. The van der Waals surface area contributed by atoms with Crippen LogP contribution >= 0.6 is 0 Å². The monoisotopic (exact) mass is 473 g/mol. The SMILES string of the molecule is CCCCNC(=O)CC(NC(=O)C(C)CC(=O)O)C(=O)NC(CC(=O)NCCO)C(=O)NC. The summed E-state index contributed by atoms with van der Waals surface area (Å²) in [4.78, 5) is 72.4. The Bertz CT molecular complexity index is 700. The highest BCUT2D eigenvalue weighted by Gasteiger charge is 2.30. The van der Waals surface area contributed by atoms with E-state index in [0.717, 1.165) is 6.42 Å². The third kappa shape index (κ3) is 13.0. The fourth-order valence-electron chi connectivity index (χ4n) is 2.65. The fourth-order valence-corrected chi connectivity index (χ4v) is 2.65. The van der Waals surface area contributed by atoms with Crippen LogP contribution < -0.4 is 26.6 Å². The van der Waals surface area contributed by atoms with Crippen LogP contribution in [0.2, 0.25) is 0 Å². The van der Waals surface area contributed by atoms with E-state index >= 15 is 0 Å². The number of aliphatic carboxylic acids is 1. The highest BCUT2D eigenvalue weighted by molar-refractivity contribution is 5.97. The van der Waals surface area contributed by atoms with E-state index in [1.807, 2.05) is 6.92 Å². The molecule has 3 atom stereocenters. The quantitative estimate of drug-likeness (QED) is 0.120. The van der Waals surface area contributed by atoms with Gasteiger partial charge in [-0.3, -0.25) is 28.8 Å². The van der Waals surface area contributed by atoms with Crippen LogP contribution in [-0.4, -0.2) is 84.5 Å². The van der Waals surface area contributed by atoms with Gasteiger partial charge in [-0.05, 0) is 6.42 Å². The Morgan fingerprint density at radius 3 is 1.79 bits per heavy atom. The van der Waals surface area contributed by atoms with Gasteiger partial charge in [-0.25, -0.2) is 0 Å². The molecule has 0 radical (unpaired) electrons. The maximum atomic E-state index is 12.8. The molecule has 0 bridgehead atoms. The largest absolute Gasteiger partial charge is 0.481 e. The Kier molecular flexibility index (Phi) is 14.8. The second kappa shape index (κ2) is 16.4. The first kappa shape index (κ1) is 29.8. The minimum absolute atomic E-state index is 0.0364. The third-order valence-corrected chi connectivity index (χ3v) is 4.51. The van der Waals surface area contributed by atoms with E-state index in [1.54, 1.807) is 0 Å². The van der Waals surface area contributed by atoms with Gasteiger partial charge < -0.3 is 36.8 Å². The topological polar surface area (TPSA) is 203 Å². The molecule has 188 valence electrons. The Morgan fingerprint density at radius 1 is 0.788 bits per heavy atom. The van der Waals surface area contributed by atoms with Gasteiger partial charge in [-0.15, -0.1) is 0 Å². The molecule has 0 aliphatic heterocycles. The molecule has 0 saturated heterocycles. The number of hydrogen-bond donors (Lipinski definition) is 7. The molecule has 0 rings (SSSR count). The van der Waals surface area contributed by atoms with Gasteiger partial charge in [0.1, 0.15) is 12.1 Å². The number of hydrogen-bond acceptors (Lipinski definition) is 7. The summed E-state index contributed by atoms with van der Waals surface area (Å²) in [5, 5.41) is 29.6. The van der Waals surface area contributed by atoms with E-state index in [9.17, 15) is 28.8 Å².